The van der Waals surface area contributed by atoms with Crippen LogP contribution in [0.3, 0.4) is 0 Å². The van der Waals surface area contributed by atoms with Gasteiger partial charge in [0.05, 0.1) is 10.4 Å². The molecule has 2 aromatic heterocycles. The summed E-state index contributed by atoms with van der Waals surface area (Å²) in [6.07, 6.45) is 12.9. The third kappa shape index (κ3) is 4.50. The largest absolute Gasteiger partial charge is 0.332 e. The molecule has 0 saturated heterocycles. The van der Waals surface area contributed by atoms with Gasteiger partial charge in [-0.05, 0) is 98.8 Å². The maximum absolute atomic E-state index is 12.5. The van der Waals surface area contributed by atoms with Gasteiger partial charge in [0.15, 0.2) is 10.9 Å². The Labute approximate surface area is 209 Å². The van der Waals surface area contributed by atoms with Crippen LogP contribution in [0.1, 0.15) is 38.5 Å². The Morgan fingerprint density at radius 2 is 1.57 bits per heavy atom. The lowest BCUT2D eigenvalue weighted by atomic mass is 9.53. The molecule has 4 fully saturated rings. The first-order chi connectivity index (χ1) is 16.9. The topological polar surface area (TPSA) is 114 Å². The highest BCUT2D eigenvalue weighted by atomic mass is 32.2. The molecule has 0 spiro atoms. The van der Waals surface area contributed by atoms with Crippen LogP contribution in [-0.2, 0) is 15.6 Å². The Morgan fingerprint density at radius 1 is 0.943 bits per heavy atom. The average molecular weight is 510 g/mol. The summed E-state index contributed by atoms with van der Waals surface area (Å²) >= 11 is 5.47. The molecule has 2 heterocycles. The molecule has 0 aliphatic heterocycles. The Kier molecular flexibility index (Phi) is 5.48. The standard InChI is InChI=1S/C24H27N7O2S2/c32-35(33,30-22-25-7-1-8-26-22)20-4-2-19(3-5-20)27-23(34)28-21-6-9-31(29-21)24-13-16-10-17(14-24)12-18(11-16)15-24/h1-9,16-18H,10-15H2,(H,25,26,30)(H2,27,28,29,34). The Morgan fingerprint density at radius 3 is 2.20 bits per heavy atom. The zero-order valence-electron chi connectivity index (χ0n) is 19.1. The fraction of sp³-hybridized carbons (Fsp3) is 0.417. The molecule has 11 heteroatoms. The molecule has 3 aromatic rings. The molecule has 35 heavy (non-hydrogen) atoms. The number of rotatable bonds is 6. The lowest BCUT2D eigenvalue weighted by Crippen LogP contribution is -2.52. The summed E-state index contributed by atoms with van der Waals surface area (Å²) in [5.41, 5.74) is 0.835. The van der Waals surface area contributed by atoms with E-state index in [1.807, 2.05) is 6.07 Å². The van der Waals surface area contributed by atoms with Crippen molar-refractivity contribution < 1.29 is 8.42 Å². The second kappa shape index (κ2) is 8.56. The minimum atomic E-state index is -3.79. The molecular formula is C24H27N7O2S2. The predicted octanol–water partition coefficient (Wildman–Crippen LogP) is 4.21. The van der Waals surface area contributed by atoms with Gasteiger partial charge in [-0.2, -0.15) is 5.10 Å². The van der Waals surface area contributed by atoms with Crippen molar-refractivity contribution in [2.24, 2.45) is 17.8 Å². The quantitative estimate of drug-likeness (QED) is 0.424. The first-order valence-electron chi connectivity index (χ1n) is 11.9. The summed E-state index contributed by atoms with van der Waals surface area (Å²) in [6, 6.07) is 9.89. The van der Waals surface area contributed by atoms with Crippen LogP contribution < -0.4 is 15.4 Å². The smallest absolute Gasteiger partial charge is 0.264 e. The van der Waals surface area contributed by atoms with E-state index in [0.717, 1.165) is 17.8 Å². The number of aromatic nitrogens is 4. The van der Waals surface area contributed by atoms with Crippen molar-refractivity contribution in [3.05, 3.63) is 55.0 Å². The van der Waals surface area contributed by atoms with Crippen LogP contribution in [0.2, 0.25) is 0 Å². The number of nitrogens with zero attached hydrogens (tertiary/aromatic N) is 4. The van der Waals surface area contributed by atoms with Crippen molar-refractivity contribution >= 4 is 44.8 Å². The van der Waals surface area contributed by atoms with E-state index >= 15 is 0 Å². The summed E-state index contributed by atoms with van der Waals surface area (Å²) < 4.78 is 29.6. The maximum atomic E-state index is 12.5. The van der Waals surface area contributed by atoms with Gasteiger partial charge < -0.3 is 10.6 Å². The van der Waals surface area contributed by atoms with Crippen LogP contribution in [0.25, 0.3) is 0 Å². The second-order valence-corrected chi connectivity index (χ2v) is 12.2. The molecule has 7 rings (SSSR count). The van der Waals surface area contributed by atoms with Crippen molar-refractivity contribution in [1.82, 2.24) is 19.7 Å². The number of hydrogen-bond donors (Lipinski definition) is 3. The number of nitrogens with one attached hydrogen (secondary N) is 3. The molecule has 0 amide bonds. The van der Waals surface area contributed by atoms with E-state index in [4.69, 9.17) is 17.3 Å². The van der Waals surface area contributed by atoms with Gasteiger partial charge in [0.25, 0.3) is 10.0 Å². The van der Waals surface area contributed by atoms with E-state index in [9.17, 15) is 8.42 Å². The molecule has 1 aromatic carbocycles. The number of thiocarbonyl (C=S) groups is 1. The van der Waals surface area contributed by atoms with Gasteiger partial charge in [-0.25, -0.2) is 23.1 Å². The van der Waals surface area contributed by atoms with Crippen molar-refractivity contribution in [3.8, 4) is 0 Å². The number of hydrogen-bond acceptors (Lipinski definition) is 6. The minimum absolute atomic E-state index is 0.0214. The van der Waals surface area contributed by atoms with Crippen LogP contribution in [-0.4, -0.2) is 33.3 Å². The number of anilines is 3. The van der Waals surface area contributed by atoms with Crippen LogP contribution >= 0.6 is 12.2 Å². The molecule has 182 valence electrons. The number of benzene rings is 1. The normalized spacial score (nSPS) is 26.9. The molecule has 0 radical (unpaired) electrons. The molecule has 4 saturated carbocycles. The minimum Gasteiger partial charge on any atom is -0.332 e. The van der Waals surface area contributed by atoms with Gasteiger partial charge in [-0.15, -0.1) is 0 Å². The number of sulfonamides is 1. The molecule has 4 aliphatic rings. The molecule has 3 N–H and O–H groups in total. The van der Waals surface area contributed by atoms with Gasteiger partial charge in [-0.3, -0.25) is 4.68 Å². The van der Waals surface area contributed by atoms with Gasteiger partial charge >= 0.3 is 0 Å². The summed E-state index contributed by atoms with van der Waals surface area (Å²) in [7, 11) is -3.79. The van der Waals surface area contributed by atoms with E-state index < -0.39 is 10.0 Å². The summed E-state index contributed by atoms with van der Waals surface area (Å²) in [6.45, 7) is 0. The van der Waals surface area contributed by atoms with Crippen LogP contribution in [0, 0.1) is 17.8 Å². The van der Waals surface area contributed by atoms with Gasteiger partial charge in [0, 0.05) is 30.3 Å². The van der Waals surface area contributed by atoms with Crippen molar-refractivity contribution in [2.75, 3.05) is 15.4 Å². The lowest BCUT2D eigenvalue weighted by molar-refractivity contribution is -0.0492. The zero-order valence-corrected chi connectivity index (χ0v) is 20.7. The highest BCUT2D eigenvalue weighted by Gasteiger charge is 2.52. The summed E-state index contributed by atoms with van der Waals surface area (Å²) in [5.74, 6) is 3.29. The first kappa shape index (κ1) is 22.4. The van der Waals surface area contributed by atoms with E-state index in [1.165, 1.54) is 63.1 Å². The average Bonchev–Trinajstić information content (AvgIpc) is 3.28. The van der Waals surface area contributed by atoms with Gasteiger partial charge in [-0.1, -0.05) is 0 Å². The van der Waals surface area contributed by atoms with E-state index in [-0.39, 0.29) is 16.4 Å². The lowest BCUT2D eigenvalue weighted by Gasteiger charge is -2.56. The SMILES string of the molecule is O=S(=O)(Nc1ncccn1)c1ccc(NC(=S)Nc2ccn(C34CC5CC(CC(C5)C3)C4)n2)cc1. The Hall–Kier alpha value is -3.05. The van der Waals surface area contributed by atoms with Crippen molar-refractivity contribution in [3.63, 3.8) is 0 Å². The van der Waals surface area contributed by atoms with Crippen LogP contribution in [0.5, 0.6) is 0 Å². The Balaban J connectivity index is 1.08. The van der Waals surface area contributed by atoms with E-state index in [0.29, 0.717) is 16.6 Å². The van der Waals surface area contributed by atoms with E-state index in [1.54, 1.807) is 18.2 Å². The van der Waals surface area contributed by atoms with Crippen molar-refractivity contribution in [2.45, 2.75) is 49.0 Å². The first-order valence-corrected chi connectivity index (χ1v) is 13.8. The summed E-state index contributed by atoms with van der Waals surface area (Å²) in [4.78, 5) is 7.89. The monoisotopic (exact) mass is 509 g/mol. The van der Waals surface area contributed by atoms with Crippen LogP contribution in [0.4, 0.5) is 17.5 Å². The predicted molar refractivity (Wildman–Crippen MR) is 137 cm³/mol. The fourth-order valence-corrected chi connectivity index (χ4v) is 7.71. The maximum Gasteiger partial charge on any atom is 0.264 e. The van der Waals surface area contributed by atoms with Crippen LogP contribution in [0.15, 0.2) is 59.9 Å². The molecule has 0 atom stereocenters. The summed E-state index contributed by atoms with van der Waals surface area (Å²) in [5, 5.41) is 11.5. The fourth-order valence-electron chi connectivity index (χ4n) is 6.53. The molecule has 9 nitrogen and oxygen atoms in total. The molecular weight excluding hydrogens is 482 g/mol. The molecule has 0 unspecified atom stereocenters. The van der Waals surface area contributed by atoms with Gasteiger partial charge in [0.1, 0.15) is 0 Å². The second-order valence-electron chi connectivity index (χ2n) is 10.1. The Bertz CT molecular complexity index is 1300. The highest BCUT2D eigenvalue weighted by Crippen LogP contribution is 2.58. The van der Waals surface area contributed by atoms with E-state index in [2.05, 4.69) is 36.2 Å². The third-order valence-corrected chi connectivity index (χ3v) is 9.08. The highest BCUT2D eigenvalue weighted by molar-refractivity contribution is 7.92. The molecule has 4 aliphatic carbocycles. The van der Waals surface area contributed by atoms with Gasteiger partial charge in [0.2, 0.25) is 5.95 Å². The zero-order chi connectivity index (χ0) is 24.0. The molecule has 4 bridgehead atoms. The van der Waals surface area contributed by atoms with Crippen molar-refractivity contribution in [1.29, 1.82) is 0 Å². The third-order valence-electron chi connectivity index (χ3n) is 7.54.